The number of hydrogen-bond acceptors (Lipinski definition) is 1. The van der Waals surface area contributed by atoms with Gasteiger partial charge in [0.15, 0.2) is 0 Å². The van der Waals surface area contributed by atoms with Crippen LogP contribution in [0, 0.1) is 0 Å². The molecule has 47 heavy (non-hydrogen) atoms. The topological polar surface area (TPSA) is 13.1 Å². The van der Waals surface area contributed by atoms with E-state index in [1.165, 1.54) is 70.9 Å². The first-order chi connectivity index (χ1) is 23.3. The second-order valence-electron chi connectivity index (χ2n) is 12.5. The minimum Gasteiger partial charge on any atom is -0.456 e. The summed E-state index contributed by atoms with van der Waals surface area (Å²) in [6.07, 6.45) is 0. The molecule has 0 bridgehead atoms. The van der Waals surface area contributed by atoms with Gasteiger partial charge in [-0.15, -0.1) is 0 Å². The summed E-state index contributed by atoms with van der Waals surface area (Å²) in [6, 6.07) is 61.5. The molecule has 1 nitrogen and oxygen atoms in total. The van der Waals surface area contributed by atoms with Crippen LogP contribution in [0.1, 0.15) is 0 Å². The van der Waals surface area contributed by atoms with E-state index in [2.05, 4.69) is 170 Å². The van der Waals surface area contributed by atoms with E-state index in [9.17, 15) is 0 Å². The Morgan fingerprint density at radius 3 is 1.51 bits per heavy atom. The van der Waals surface area contributed by atoms with Crippen LogP contribution in [0.5, 0.6) is 0 Å². The van der Waals surface area contributed by atoms with Gasteiger partial charge in [-0.05, 0) is 107 Å². The predicted octanol–water partition coefficient (Wildman–Crippen LogP) is 13.2. The van der Waals surface area contributed by atoms with Gasteiger partial charge in [0, 0.05) is 10.8 Å². The molecule has 0 atom stereocenters. The third kappa shape index (κ3) is 4.03. The van der Waals surface area contributed by atoms with Crippen LogP contribution in [0.25, 0.3) is 98.4 Å². The fraction of sp³-hybridized carbons (Fsp3) is 0. The summed E-state index contributed by atoms with van der Waals surface area (Å²) < 4.78 is 6.50. The SMILES string of the molecule is c1ccc(-c2c3ccccc3c(-c3ccc4oc5cc(-c6ccc7c(ccc8ccccc87)c6)ccc5c4c3)c3ccccc23)cc1. The molecule has 1 heteroatoms. The van der Waals surface area contributed by atoms with Crippen molar-refractivity contribution in [3.05, 3.63) is 170 Å². The fourth-order valence-corrected chi connectivity index (χ4v) is 7.66. The Morgan fingerprint density at radius 2 is 0.787 bits per heavy atom. The quantitative estimate of drug-likeness (QED) is 0.146. The summed E-state index contributed by atoms with van der Waals surface area (Å²) in [6.45, 7) is 0. The van der Waals surface area contributed by atoms with Crippen molar-refractivity contribution >= 4 is 65.0 Å². The molecule has 0 radical (unpaired) electrons. The first kappa shape index (κ1) is 26.1. The minimum absolute atomic E-state index is 0.903. The molecule has 0 saturated carbocycles. The maximum absolute atomic E-state index is 6.50. The van der Waals surface area contributed by atoms with Crippen molar-refractivity contribution in [2.75, 3.05) is 0 Å². The average Bonchev–Trinajstić information content (AvgIpc) is 3.51. The standard InChI is InChI=1S/C46H28O/c1-2-11-30(12-3-1)45-38-14-6-8-16-40(38)46(41-17-9-7-15-39(41)45)34-22-25-43-42(27-34)37-24-21-32(28-44(37)47-43)31-20-23-36-33(26-31)19-18-29-10-4-5-13-35(29)36/h1-28H. The van der Waals surface area contributed by atoms with Gasteiger partial charge >= 0.3 is 0 Å². The molecule has 0 N–H and O–H groups in total. The Labute approximate surface area is 271 Å². The van der Waals surface area contributed by atoms with E-state index in [4.69, 9.17) is 4.42 Å². The highest BCUT2D eigenvalue weighted by Gasteiger charge is 2.18. The molecule has 10 rings (SSSR count). The van der Waals surface area contributed by atoms with Gasteiger partial charge in [0.25, 0.3) is 0 Å². The van der Waals surface area contributed by atoms with Crippen LogP contribution in [-0.2, 0) is 0 Å². The van der Waals surface area contributed by atoms with E-state index in [1.807, 2.05) is 0 Å². The fourth-order valence-electron chi connectivity index (χ4n) is 7.66. The van der Waals surface area contributed by atoms with E-state index in [0.29, 0.717) is 0 Å². The maximum Gasteiger partial charge on any atom is 0.136 e. The molecular weight excluding hydrogens is 569 g/mol. The smallest absolute Gasteiger partial charge is 0.136 e. The third-order valence-corrected chi connectivity index (χ3v) is 9.83. The molecule has 0 aliphatic heterocycles. The van der Waals surface area contributed by atoms with E-state index in [-0.39, 0.29) is 0 Å². The van der Waals surface area contributed by atoms with Crippen LogP contribution >= 0.6 is 0 Å². The molecule has 9 aromatic carbocycles. The van der Waals surface area contributed by atoms with Crippen LogP contribution < -0.4 is 0 Å². The van der Waals surface area contributed by atoms with Gasteiger partial charge in [0.1, 0.15) is 11.2 Å². The molecule has 0 unspecified atom stereocenters. The lowest BCUT2D eigenvalue weighted by atomic mass is 9.86. The van der Waals surface area contributed by atoms with E-state index >= 15 is 0 Å². The molecule has 218 valence electrons. The normalized spacial score (nSPS) is 11.8. The Morgan fingerprint density at radius 1 is 0.255 bits per heavy atom. The summed E-state index contributed by atoms with van der Waals surface area (Å²) >= 11 is 0. The van der Waals surface area contributed by atoms with Crippen molar-refractivity contribution < 1.29 is 4.42 Å². The first-order valence-corrected chi connectivity index (χ1v) is 16.2. The highest BCUT2D eigenvalue weighted by Crippen LogP contribution is 2.45. The Kier molecular flexibility index (Phi) is 5.64. The molecule has 0 aliphatic carbocycles. The van der Waals surface area contributed by atoms with Crippen LogP contribution in [0.2, 0.25) is 0 Å². The predicted molar refractivity (Wildman–Crippen MR) is 200 cm³/mol. The lowest BCUT2D eigenvalue weighted by Crippen LogP contribution is -1.90. The summed E-state index contributed by atoms with van der Waals surface area (Å²) in [5.74, 6) is 0. The zero-order valence-electron chi connectivity index (χ0n) is 25.6. The highest BCUT2D eigenvalue weighted by atomic mass is 16.3. The molecule has 0 aliphatic rings. The number of furan rings is 1. The molecule has 0 saturated heterocycles. The molecule has 0 fully saturated rings. The Balaban J connectivity index is 1.14. The highest BCUT2D eigenvalue weighted by molar-refractivity contribution is 6.22. The monoisotopic (exact) mass is 596 g/mol. The van der Waals surface area contributed by atoms with Gasteiger partial charge in [0.2, 0.25) is 0 Å². The van der Waals surface area contributed by atoms with Crippen molar-refractivity contribution in [1.29, 1.82) is 0 Å². The second kappa shape index (κ2) is 10.2. The van der Waals surface area contributed by atoms with E-state index < -0.39 is 0 Å². The van der Waals surface area contributed by atoms with Crippen molar-refractivity contribution in [1.82, 2.24) is 0 Å². The van der Waals surface area contributed by atoms with Gasteiger partial charge < -0.3 is 4.42 Å². The van der Waals surface area contributed by atoms with E-state index in [1.54, 1.807) is 0 Å². The van der Waals surface area contributed by atoms with Crippen LogP contribution in [0.4, 0.5) is 0 Å². The summed E-state index contributed by atoms with van der Waals surface area (Å²) in [4.78, 5) is 0. The Hall–Kier alpha value is -6.18. The summed E-state index contributed by atoms with van der Waals surface area (Å²) in [7, 11) is 0. The lowest BCUT2D eigenvalue weighted by molar-refractivity contribution is 0.669. The maximum atomic E-state index is 6.50. The number of fused-ring (bicyclic) bond motifs is 8. The van der Waals surface area contributed by atoms with Crippen LogP contribution in [-0.4, -0.2) is 0 Å². The first-order valence-electron chi connectivity index (χ1n) is 16.2. The second-order valence-corrected chi connectivity index (χ2v) is 12.5. The molecule has 1 heterocycles. The third-order valence-electron chi connectivity index (χ3n) is 9.83. The van der Waals surface area contributed by atoms with Crippen LogP contribution in [0.15, 0.2) is 174 Å². The van der Waals surface area contributed by atoms with Gasteiger partial charge in [-0.2, -0.15) is 0 Å². The summed E-state index contributed by atoms with van der Waals surface area (Å²) in [5.41, 5.74) is 9.11. The lowest BCUT2D eigenvalue weighted by Gasteiger charge is -2.17. The Bertz CT molecular complexity index is 2780. The number of benzene rings is 9. The molecular formula is C46H28O. The van der Waals surface area contributed by atoms with Gasteiger partial charge in [-0.3, -0.25) is 0 Å². The van der Waals surface area contributed by atoms with Gasteiger partial charge in [-0.25, -0.2) is 0 Å². The minimum atomic E-state index is 0.903. The molecule has 1 aromatic heterocycles. The largest absolute Gasteiger partial charge is 0.456 e. The summed E-state index contributed by atoms with van der Waals surface area (Å²) in [5, 5.41) is 12.4. The molecule has 0 spiro atoms. The van der Waals surface area contributed by atoms with Crippen molar-refractivity contribution in [3.8, 4) is 33.4 Å². The van der Waals surface area contributed by atoms with Crippen molar-refractivity contribution in [3.63, 3.8) is 0 Å². The van der Waals surface area contributed by atoms with Gasteiger partial charge in [0.05, 0.1) is 0 Å². The average molecular weight is 597 g/mol. The number of rotatable bonds is 3. The molecule has 0 amide bonds. The van der Waals surface area contributed by atoms with Crippen LogP contribution in [0.3, 0.4) is 0 Å². The van der Waals surface area contributed by atoms with Gasteiger partial charge in [-0.1, -0.05) is 140 Å². The number of hydrogen-bond donors (Lipinski definition) is 0. The zero-order chi connectivity index (χ0) is 30.9. The van der Waals surface area contributed by atoms with Crippen molar-refractivity contribution in [2.24, 2.45) is 0 Å². The molecule has 10 aromatic rings. The van der Waals surface area contributed by atoms with Crippen molar-refractivity contribution in [2.45, 2.75) is 0 Å². The van der Waals surface area contributed by atoms with E-state index in [0.717, 1.165) is 27.5 Å². The zero-order valence-corrected chi connectivity index (χ0v) is 25.6.